The van der Waals surface area contributed by atoms with Crippen molar-refractivity contribution in [1.82, 2.24) is 0 Å². The summed E-state index contributed by atoms with van der Waals surface area (Å²) in [6, 6.07) is 0. The Morgan fingerprint density at radius 1 is 0.657 bits per heavy atom. The summed E-state index contributed by atoms with van der Waals surface area (Å²) < 4.78 is 46.9. The molecular formula is C50H80O20. The molecule has 0 aromatic rings. The van der Waals surface area contributed by atoms with Gasteiger partial charge in [0.05, 0.1) is 51.2 Å². The summed E-state index contributed by atoms with van der Waals surface area (Å²) in [5.74, 6) is -1.32. The molecule has 3 aliphatic heterocycles. The monoisotopic (exact) mass is 1000 g/mol. The van der Waals surface area contributed by atoms with Gasteiger partial charge in [-0.3, -0.25) is 4.79 Å². The lowest BCUT2D eigenvalue weighted by molar-refractivity contribution is -0.396. The fourth-order valence-corrected chi connectivity index (χ4v) is 15.4. The molecule has 5 aliphatic carbocycles. The fourth-order valence-electron chi connectivity index (χ4n) is 15.4. The minimum Gasteiger partial charge on any atom is -0.469 e. The zero-order chi connectivity index (χ0) is 51.4. The van der Waals surface area contributed by atoms with Gasteiger partial charge in [0.1, 0.15) is 61.0 Å². The van der Waals surface area contributed by atoms with Crippen LogP contribution in [0, 0.1) is 50.2 Å². The third-order valence-corrected chi connectivity index (χ3v) is 20.2. The molecule has 0 aromatic heterocycles. The molecule has 0 bridgehead atoms. The van der Waals surface area contributed by atoms with Gasteiger partial charge in [0, 0.05) is 10.8 Å². The average Bonchev–Trinajstić information content (AvgIpc) is 3.32. The van der Waals surface area contributed by atoms with E-state index in [1.165, 1.54) is 19.6 Å². The molecule has 20 heteroatoms. The van der Waals surface area contributed by atoms with Crippen molar-refractivity contribution in [3.63, 3.8) is 0 Å². The maximum Gasteiger partial charge on any atom is 0.337 e. The number of methoxy groups -OCH3 is 2. The molecule has 0 aromatic carbocycles. The SMILES string of the molecule is COC(=O)[C@H]1O[C@@H](O[C@H]2CC[C@@]3(C)[C@@H](CC[C@]4(C)[C@@H]3CC=C3[C@@H]5C[C@](C)(C(=O)OC)C[C@@H](O)[C@]5(C)CC[C@]34C)[C@@]2(C)CO)[C@H](O[C@@H]2O[C@H](CO)[C@H](O)[C@H](O)[C@H]2O[C@@H]2O[C@@H](C)[C@H](O)[C@@H](O)[C@H]2O)[C@@H](O)[C@@H]1O. The Bertz CT molecular complexity index is 1960. The van der Waals surface area contributed by atoms with E-state index >= 15 is 0 Å². The van der Waals surface area contributed by atoms with Crippen LogP contribution in [0.15, 0.2) is 11.6 Å². The first-order valence-electron chi connectivity index (χ1n) is 25.2. The number of ether oxygens (including phenoxy) is 8. The minimum absolute atomic E-state index is 0.0240. The zero-order valence-electron chi connectivity index (χ0n) is 42.0. The Hall–Kier alpha value is -1.96. The number of fused-ring (bicyclic) bond motifs is 7. The van der Waals surface area contributed by atoms with Crippen LogP contribution in [-0.2, 0) is 47.5 Å². The van der Waals surface area contributed by atoms with E-state index in [9.17, 15) is 60.7 Å². The molecule has 0 radical (unpaired) electrons. The third kappa shape index (κ3) is 8.25. The first-order valence-corrected chi connectivity index (χ1v) is 25.2. The summed E-state index contributed by atoms with van der Waals surface area (Å²) in [6.07, 6.45) is -19.0. The van der Waals surface area contributed by atoms with E-state index in [1.807, 2.05) is 13.8 Å². The molecule has 10 N–H and O–H groups in total. The molecule has 0 amide bonds. The van der Waals surface area contributed by atoms with Gasteiger partial charge in [-0.05, 0) is 106 Å². The van der Waals surface area contributed by atoms with E-state index in [4.69, 9.17) is 37.9 Å². The Kier molecular flexibility index (Phi) is 15.0. The summed E-state index contributed by atoms with van der Waals surface area (Å²) >= 11 is 0. The van der Waals surface area contributed by atoms with Crippen molar-refractivity contribution in [3.05, 3.63) is 11.6 Å². The lowest BCUT2D eigenvalue weighted by atomic mass is 9.33. The van der Waals surface area contributed by atoms with Crippen LogP contribution in [0.1, 0.15) is 106 Å². The van der Waals surface area contributed by atoms with E-state index in [-0.39, 0.29) is 46.6 Å². The van der Waals surface area contributed by atoms with Crippen molar-refractivity contribution in [2.75, 3.05) is 27.4 Å². The van der Waals surface area contributed by atoms with Crippen molar-refractivity contribution in [2.24, 2.45) is 50.2 Å². The summed E-state index contributed by atoms with van der Waals surface area (Å²) in [7, 11) is 2.48. The van der Waals surface area contributed by atoms with Crippen LogP contribution in [0.3, 0.4) is 0 Å². The Labute approximate surface area is 409 Å². The number of hydrogen-bond donors (Lipinski definition) is 10. The number of aliphatic hydroxyl groups excluding tert-OH is 10. The molecule has 7 fully saturated rings. The summed E-state index contributed by atoms with van der Waals surface area (Å²) in [5.41, 5.74) is -1.66. The van der Waals surface area contributed by atoms with Crippen molar-refractivity contribution < 1.29 is 98.5 Å². The summed E-state index contributed by atoms with van der Waals surface area (Å²) in [4.78, 5) is 26.3. The second-order valence-corrected chi connectivity index (χ2v) is 23.7. The smallest absolute Gasteiger partial charge is 0.337 e. The molecule has 400 valence electrons. The van der Waals surface area contributed by atoms with Gasteiger partial charge in [-0.15, -0.1) is 0 Å². The molecule has 0 spiro atoms. The maximum atomic E-state index is 13.2. The quantitative estimate of drug-likeness (QED) is 0.0779. The molecule has 20 nitrogen and oxygen atoms in total. The van der Waals surface area contributed by atoms with Gasteiger partial charge in [-0.25, -0.2) is 4.79 Å². The van der Waals surface area contributed by atoms with Crippen molar-refractivity contribution in [3.8, 4) is 0 Å². The highest BCUT2D eigenvalue weighted by Crippen LogP contribution is 2.76. The van der Waals surface area contributed by atoms with Crippen LogP contribution in [0.25, 0.3) is 0 Å². The molecule has 3 heterocycles. The molecule has 4 saturated carbocycles. The highest BCUT2D eigenvalue weighted by molar-refractivity contribution is 5.77. The van der Waals surface area contributed by atoms with E-state index < -0.39 is 133 Å². The molecule has 26 atom stereocenters. The number of esters is 2. The molecular weight excluding hydrogens is 921 g/mol. The first kappa shape index (κ1) is 54.3. The predicted molar refractivity (Wildman–Crippen MR) is 241 cm³/mol. The second-order valence-electron chi connectivity index (χ2n) is 23.7. The number of allylic oxidation sites excluding steroid dienone is 2. The van der Waals surface area contributed by atoms with Gasteiger partial charge >= 0.3 is 11.9 Å². The largest absolute Gasteiger partial charge is 0.469 e. The highest BCUT2D eigenvalue weighted by atomic mass is 16.8. The number of rotatable bonds is 10. The standard InChI is InChI=1S/C50H80O20/c1-22-30(54)32(56)36(60)41(65-22)69-38-33(57)31(55)25(20-51)66-42(38)70-39-35(59)34(58)37(40(61)63-8)68-43(39)67-29-13-14-47(4)26(48(29,5)21-52)12-15-50(7)27(47)11-10-23-24-18-45(2,44(62)64-9)19-28(53)46(24,3)16-17-49(23,50)6/h10,22,24-39,41-43,51-60H,11-21H2,1-9H3/t22-,24-,25+,26+,27+,28+,29-,30-,31-,32+,33-,34-,35-,36+,37-,38+,39+,41-,42-,43+,45-,46+,47-,48+,49+,50+/m0/s1. The van der Waals surface area contributed by atoms with Gasteiger partial charge in [0.25, 0.3) is 0 Å². The van der Waals surface area contributed by atoms with E-state index in [1.54, 1.807) is 0 Å². The van der Waals surface area contributed by atoms with Gasteiger partial charge in [-0.1, -0.05) is 46.3 Å². The van der Waals surface area contributed by atoms with E-state index in [2.05, 4.69) is 33.8 Å². The van der Waals surface area contributed by atoms with Gasteiger partial charge in [-0.2, -0.15) is 0 Å². The topological polar surface area (TPSA) is 310 Å². The third-order valence-electron chi connectivity index (χ3n) is 20.2. The Morgan fingerprint density at radius 3 is 1.93 bits per heavy atom. The van der Waals surface area contributed by atoms with Crippen LogP contribution < -0.4 is 0 Å². The highest BCUT2D eigenvalue weighted by Gasteiger charge is 2.70. The van der Waals surface area contributed by atoms with Crippen LogP contribution in [0.4, 0.5) is 0 Å². The van der Waals surface area contributed by atoms with Crippen LogP contribution >= 0.6 is 0 Å². The van der Waals surface area contributed by atoms with Crippen molar-refractivity contribution >= 4 is 11.9 Å². The fraction of sp³-hybridized carbons (Fsp3) is 0.920. The second kappa shape index (κ2) is 19.3. The molecule has 8 rings (SSSR count). The van der Waals surface area contributed by atoms with Gasteiger partial charge < -0.3 is 89.0 Å². The van der Waals surface area contributed by atoms with E-state index in [0.29, 0.717) is 32.1 Å². The number of hydrogen-bond acceptors (Lipinski definition) is 20. The lowest BCUT2D eigenvalue weighted by Gasteiger charge is -2.71. The number of aliphatic hydroxyl groups is 10. The predicted octanol–water partition coefficient (Wildman–Crippen LogP) is -0.0539. The zero-order valence-corrected chi connectivity index (χ0v) is 42.0. The number of carbonyl (C=O) groups excluding carboxylic acids is 2. The van der Waals surface area contributed by atoms with Gasteiger partial charge in [0.2, 0.25) is 0 Å². The average molecular weight is 1000 g/mol. The van der Waals surface area contributed by atoms with Gasteiger partial charge in [0.15, 0.2) is 25.0 Å². The Balaban J connectivity index is 1.09. The van der Waals surface area contributed by atoms with Crippen molar-refractivity contribution in [2.45, 2.75) is 211 Å². The normalized spacial score (nSPS) is 54.6. The van der Waals surface area contributed by atoms with Crippen LogP contribution in [0.2, 0.25) is 0 Å². The number of carbonyl (C=O) groups is 2. The molecule has 8 aliphatic rings. The molecule has 70 heavy (non-hydrogen) atoms. The van der Waals surface area contributed by atoms with Crippen LogP contribution in [-0.4, -0.2) is 195 Å². The molecule has 3 saturated heterocycles. The minimum atomic E-state index is -1.97. The van der Waals surface area contributed by atoms with E-state index in [0.717, 1.165) is 32.8 Å². The lowest BCUT2D eigenvalue weighted by Crippen LogP contribution is -2.68. The van der Waals surface area contributed by atoms with Crippen molar-refractivity contribution in [1.29, 1.82) is 0 Å². The summed E-state index contributed by atoms with van der Waals surface area (Å²) in [5, 5.41) is 111. The van der Waals surface area contributed by atoms with Crippen LogP contribution in [0.5, 0.6) is 0 Å². The Morgan fingerprint density at radius 2 is 1.30 bits per heavy atom. The maximum absolute atomic E-state index is 13.2. The first-order chi connectivity index (χ1) is 32.7. The summed E-state index contributed by atoms with van der Waals surface area (Å²) in [6.45, 7) is 13.4. The molecule has 0 unspecified atom stereocenters.